The molecule has 0 saturated carbocycles. The molecule has 5 unspecified atom stereocenters. The van der Waals surface area contributed by atoms with E-state index in [1.165, 1.54) is 6.42 Å². The number of fused-ring (bicyclic) bond motifs is 2. The van der Waals surface area contributed by atoms with Crippen LogP contribution in [-0.2, 0) is 9.47 Å². The molecular formula is C10H13NO2. The van der Waals surface area contributed by atoms with E-state index in [1.54, 1.807) is 0 Å². The van der Waals surface area contributed by atoms with Crippen molar-refractivity contribution in [1.82, 2.24) is 0 Å². The van der Waals surface area contributed by atoms with E-state index in [0.717, 1.165) is 12.8 Å². The van der Waals surface area contributed by atoms with Crippen LogP contribution in [-0.4, -0.2) is 23.9 Å². The smallest absolute Gasteiger partial charge is 0.173 e. The number of nitriles is 1. The molecule has 13 heavy (non-hydrogen) atoms. The van der Waals surface area contributed by atoms with Crippen LogP contribution in [0.25, 0.3) is 0 Å². The van der Waals surface area contributed by atoms with Gasteiger partial charge in [0.1, 0.15) is 5.60 Å². The average molecular weight is 179 g/mol. The van der Waals surface area contributed by atoms with Crippen molar-refractivity contribution in [1.29, 1.82) is 5.26 Å². The van der Waals surface area contributed by atoms with E-state index < -0.39 is 0 Å². The molecular weight excluding hydrogens is 166 g/mol. The van der Waals surface area contributed by atoms with Crippen LogP contribution in [0, 0.1) is 17.2 Å². The Morgan fingerprint density at radius 3 is 2.77 bits per heavy atom. The van der Waals surface area contributed by atoms with Gasteiger partial charge in [-0.2, -0.15) is 5.26 Å². The molecule has 0 amide bonds. The Hall–Kier alpha value is -0.590. The monoisotopic (exact) mass is 179 g/mol. The first kappa shape index (κ1) is 7.78. The highest BCUT2D eigenvalue weighted by Gasteiger charge is 2.63. The predicted octanol–water partition coefficient (Wildman–Crippen LogP) is 1.23. The first-order valence-electron chi connectivity index (χ1n) is 4.97. The van der Waals surface area contributed by atoms with Crippen molar-refractivity contribution in [2.45, 2.75) is 50.1 Å². The van der Waals surface area contributed by atoms with Gasteiger partial charge in [-0.3, -0.25) is 0 Å². The zero-order valence-electron chi connectivity index (χ0n) is 7.69. The lowest BCUT2D eigenvalue weighted by atomic mass is 9.79. The van der Waals surface area contributed by atoms with Crippen molar-refractivity contribution >= 4 is 0 Å². The van der Waals surface area contributed by atoms with Gasteiger partial charge in [-0.25, -0.2) is 0 Å². The molecule has 70 valence electrons. The average Bonchev–Trinajstić information content (AvgIpc) is 2.57. The van der Waals surface area contributed by atoms with Crippen LogP contribution < -0.4 is 0 Å². The quantitative estimate of drug-likeness (QED) is 0.569. The molecule has 3 nitrogen and oxygen atoms in total. The fourth-order valence-corrected chi connectivity index (χ4v) is 2.90. The molecule has 0 aromatic rings. The lowest BCUT2D eigenvalue weighted by Gasteiger charge is -2.21. The van der Waals surface area contributed by atoms with Gasteiger partial charge in [0, 0.05) is 5.92 Å². The molecule has 0 aromatic carbocycles. The summed E-state index contributed by atoms with van der Waals surface area (Å²) in [6, 6.07) is 2.19. The summed E-state index contributed by atoms with van der Waals surface area (Å²) in [6.07, 6.45) is 4.10. The van der Waals surface area contributed by atoms with E-state index in [1.807, 2.05) is 0 Å². The van der Waals surface area contributed by atoms with Gasteiger partial charge in [-0.05, 0) is 26.2 Å². The highest BCUT2D eigenvalue weighted by atomic mass is 16.6. The molecule has 0 N–H and O–H groups in total. The van der Waals surface area contributed by atoms with Crippen molar-refractivity contribution in [3.05, 3.63) is 0 Å². The Bertz CT molecular complexity index is 285. The standard InChI is InChI=1S/C10H13NO2/c1-10(9(5-11)13-10)7-4-6-2-3-8(7)12-6/h6-9H,2-4H2,1H3. The second kappa shape index (κ2) is 2.26. The van der Waals surface area contributed by atoms with Gasteiger partial charge in [0.05, 0.1) is 18.3 Å². The summed E-state index contributed by atoms with van der Waals surface area (Å²) in [5, 5.41) is 8.76. The Labute approximate surface area is 77.6 Å². The molecule has 3 saturated heterocycles. The first-order chi connectivity index (χ1) is 6.24. The van der Waals surface area contributed by atoms with E-state index in [2.05, 4.69) is 13.0 Å². The van der Waals surface area contributed by atoms with Crippen LogP contribution >= 0.6 is 0 Å². The largest absolute Gasteiger partial charge is 0.375 e. The van der Waals surface area contributed by atoms with Gasteiger partial charge in [-0.15, -0.1) is 0 Å². The third kappa shape index (κ3) is 0.905. The maximum absolute atomic E-state index is 8.76. The maximum Gasteiger partial charge on any atom is 0.173 e. The molecule has 3 heterocycles. The molecule has 0 aromatic heterocycles. The van der Waals surface area contributed by atoms with E-state index in [9.17, 15) is 0 Å². The van der Waals surface area contributed by atoms with Crippen LogP contribution in [0.2, 0.25) is 0 Å². The summed E-state index contributed by atoms with van der Waals surface area (Å²) in [4.78, 5) is 0. The van der Waals surface area contributed by atoms with Crippen molar-refractivity contribution in [2.24, 2.45) is 5.92 Å². The molecule has 2 bridgehead atoms. The SMILES string of the molecule is CC1(C2CC3CCC2O3)OC1C#N. The summed E-state index contributed by atoms with van der Waals surface area (Å²) < 4.78 is 11.2. The van der Waals surface area contributed by atoms with Crippen molar-refractivity contribution in [3.63, 3.8) is 0 Å². The highest BCUT2D eigenvalue weighted by Crippen LogP contribution is 2.53. The summed E-state index contributed by atoms with van der Waals surface area (Å²) in [7, 11) is 0. The van der Waals surface area contributed by atoms with Gasteiger partial charge in [0.15, 0.2) is 6.10 Å². The van der Waals surface area contributed by atoms with Crippen LogP contribution in [0.5, 0.6) is 0 Å². The second-order valence-corrected chi connectivity index (χ2v) is 4.53. The van der Waals surface area contributed by atoms with Crippen LogP contribution in [0.1, 0.15) is 26.2 Å². The van der Waals surface area contributed by atoms with Crippen molar-refractivity contribution in [3.8, 4) is 6.07 Å². The van der Waals surface area contributed by atoms with Crippen molar-refractivity contribution < 1.29 is 9.47 Å². The van der Waals surface area contributed by atoms with Gasteiger partial charge < -0.3 is 9.47 Å². The summed E-state index contributed by atoms with van der Waals surface area (Å²) in [5.74, 6) is 0.468. The Morgan fingerprint density at radius 2 is 2.31 bits per heavy atom. The molecule has 0 radical (unpaired) electrons. The summed E-state index contributed by atoms with van der Waals surface area (Å²) in [6.45, 7) is 2.05. The lowest BCUT2D eigenvalue weighted by molar-refractivity contribution is 0.0761. The normalized spacial score (nSPS) is 57.8. The first-order valence-corrected chi connectivity index (χ1v) is 4.97. The fourth-order valence-electron chi connectivity index (χ4n) is 2.90. The highest BCUT2D eigenvalue weighted by molar-refractivity contribution is 5.17. The predicted molar refractivity (Wildman–Crippen MR) is 44.9 cm³/mol. The van der Waals surface area contributed by atoms with E-state index in [4.69, 9.17) is 14.7 Å². The van der Waals surface area contributed by atoms with E-state index >= 15 is 0 Å². The number of rotatable bonds is 1. The van der Waals surface area contributed by atoms with Crippen LogP contribution in [0.4, 0.5) is 0 Å². The number of ether oxygens (including phenoxy) is 2. The van der Waals surface area contributed by atoms with Crippen LogP contribution in [0.3, 0.4) is 0 Å². The van der Waals surface area contributed by atoms with Crippen LogP contribution in [0.15, 0.2) is 0 Å². The second-order valence-electron chi connectivity index (χ2n) is 4.53. The number of hydrogen-bond acceptors (Lipinski definition) is 3. The molecule has 0 spiro atoms. The topological polar surface area (TPSA) is 45.5 Å². The summed E-state index contributed by atoms with van der Waals surface area (Å²) in [5.41, 5.74) is -0.186. The van der Waals surface area contributed by atoms with E-state index in [0.29, 0.717) is 18.1 Å². The van der Waals surface area contributed by atoms with Gasteiger partial charge in [-0.1, -0.05) is 0 Å². The third-order valence-electron chi connectivity index (χ3n) is 3.79. The third-order valence-corrected chi connectivity index (χ3v) is 3.79. The summed E-state index contributed by atoms with van der Waals surface area (Å²) >= 11 is 0. The molecule has 3 aliphatic rings. The molecule has 0 aliphatic carbocycles. The molecule has 3 fully saturated rings. The fraction of sp³-hybridized carbons (Fsp3) is 0.900. The Kier molecular flexibility index (Phi) is 1.35. The lowest BCUT2D eigenvalue weighted by Crippen LogP contribution is -2.31. The Balaban J connectivity index is 1.78. The van der Waals surface area contributed by atoms with Gasteiger partial charge >= 0.3 is 0 Å². The minimum atomic E-state index is -0.186. The maximum atomic E-state index is 8.76. The van der Waals surface area contributed by atoms with Gasteiger partial charge in [0.2, 0.25) is 0 Å². The van der Waals surface area contributed by atoms with Crippen molar-refractivity contribution in [2.75, 3.05) is 0 Å². The molecule has 5 atom stereocenters. The number of nitrogens with zero attached hydrogens (tertiary/aromatic N) is 1. The van der Waals surface area contributed by atoms with E-state index in [-0.39, 0.29) is 11.7 Å². The minimum Gasteiger partial charge on any atom is -0.375 e. The van der Waals surface area contributed by atoms with Gasteiger partial charge in [0.25, 0.3) is 0 Å². The number of hydrogen-bond donors (Lipinski definition) is 0. The zero-order valence-corrected chi connectivity index (χ0v) is 7.69. The zero-order chi connectivity index (χ0) is 9.05. The number of epoxide rings is 1. The minimum absolute atomic E-state index is 0.180. The molecule has 3 heteroatoms. The molecule has 3 rings (SSSR count). The Morgan fingerprint density at radius 1 is 1.46 bits per heavy atom. The molecule has 3 aliphatic heterocycles.